The molecule has 0 unspecified atom stereocenters. The predicted molar refractivity (Wildman–Crippen MR) is 105 cm³/mol. The van der Waals surface area contributed by atoms with E-state index < -0.39 is 0 Å². The van der Waals surface area contributed by atoms with Crippen molar-refractivity contribution in [3.05, 3.63) is 30.1 Å². The minimum absolute atomic E-state index is 0.0837. The average Bonchev–Trinajstić information content (AvgIpc) is 3.34. The quantitative estimate of drug-likeness (QED) is 0.507. The summed E-state index contributed by atoms with van der Waals surface area (Å²) in [6.45, 7) is 4.10. The zero-order chi connectivity index (χ0) is 19.9. The van der Waals surface area contributed by atoms with Crippen LogP contribution in [0.5, 0.6) is 0 Å². The van der Waals surface area contributed by atoms with E-state index in [-0.39, 0.29) is 23.1 Å². The van der Waals surface area contributed by atoms with Gasteiger partial charge < -0.3 is 14.8 Å². The predicted octanol–water partition coefficient (Wildman–Crippen LogP) is 2.51. The largest absolute Gasteiger partial charge is 0.383 e. The Bertz CT molecular complexity index is 778. The second kappa shape index (κ2) is 9.99. The summed E-state index contributed by atoms with van der Waals surface area (Å²) in [5.74, 6) is 0.256. The number of benzene rings is 1. The summed E-state index contributed by atoms with van der Waals surface area (Å²) < 4.78 is 26.0. The van der Waals surface area contributed by atoms with Crippen molar-refractivity contribution in [3.63, 3.8) is 0 Å². The Morgan fingerprint density at radius 2 is 2.21 bits per heavy atom. The van der Waals surface area contributed by atoms with Gasteiger partial charge in [0.1, 0.15) is 5.82 Å². The van der Waals surface area contributed by atoms with Gasteiger partial charge in [-0.3, -0.25) is 9.36 Å². The molecule has 1 aromatic carbocycles. The van der Waals surface area contributed by atoms with Gasteiger partial charge in [-0.15, -0.1) is 10.2 Å². The molecule has 0 aliphatic carbocycles. The standard InChI is InChI=1S/C19H25FN4O3S/c1-13(18(25)21-9-11-26-2)28-19-23-22-17(14-5-7-15(20)8-6-14)24(19)12-16-4-3-10-27-16/h5-8,13,16H,3-4,9-12H2,1-2H3,(H,21,25)/t13-,16+/m1/s1. The van der Waals surface area contributed by atoms with E-state index in [0.29, 0.717) is 30.7 Å². The minimum Gasteiger partial charge on any atom is -0.383 e. The van der Waals surface area contributed by atoms with Crippen molar-refractivity contribution >= 4 is 17.7 Å². The molecule has 0 radical (unpaired) electrons. The number of rotatable bonds is 9. The lowest BCUT2D eigenvalue weighted by atomic mass is 10.2. The van der Waals surface area contributed by atoms with Crippen LogP contribution in [0.3, 0.4) is 0 Å². The number of methoxy groups -OCH3 is 1. The maximum Gasteiger partial charge on any atom is 0.233 e. The number of hydrogen-bond acceptors (Lipinski definition) is 6. The Morgan fingerprint density at radius 3 is 2.89 bits per heavy atom. The number of thioether (sulfide) groups is 1. The van der Waals surface area contributed by atoms with Crippen LogP contribution in [0.25, 0.3) is 11.4 Å². The lowest BCUT2D eigenvalue weighted by molar-refractivity contribution is -0.120. The van der Waals surface area contributed by atoms with Crippen molar-refractivity contribution in [2.75, 3.05) is 26.9 Å². The number of aromatic nitrogens is 3. The molecule has 0 bridgehead atoms. The summed E-state index contributed by atoms with van der Waals surface area (Å²) >= 11 is 1.35. The van der Waals surface area contributed by atoms with Crippen LogP contribution >= 0.6 is 11.8 Å². The summed E-state index contributed by atoms with van der Waals surface area (Å²) in [7, 11) is 1.59. The van der Waals surface area contributed by atoms with Gasteiger partial charge in [-0.1, -0.05) is 11.8 Å². The number of carbonyl (C=O) groups is 1. The molecule has 1 aromatic heterocycles. The minimum atomic E-state index is -0.342. The topological polar surface area (TPSA) is 78.3 Å². The second-order valence-electron chi connectivity index (χ2n) is 6.60. The highest BCUT2D eigenvalue weighted by Gasteiger charge is 2.24. The molecule has 1 aliphatic rings. The zero-order valence-corrected chi connectivity index (χ0v) is 16.9. The summed E-state index contributed by atoms with van der Waals surface area (Å²) in [4.78, 5) is 12.3. The van der Waals surface area contributed by atoms with Gasteiger partial charge in [0, 0.05) is 25.8 Å². The lowest BCUT2D eigenvalue weighted by Gasteiger charge is -2.16. The molecular formula is C19H25FN4O3S. The fourth-order valence-electron chi connectivity index (χ4n) is 2.98. The van der Waals surface area contributed by atoms with Crippen molar-refractivity contribution in [2.24, 2.45) is 0 Å². The van der Waals surface area contributed by atoms with Crippen molar-refractivity contribution in [1.82, 2.24) is 20.1 Å². The molecule has 28 heavy (non-hydrogen) atoms. The lowest BCUT2D eigenvalue weighted by Crippen LogP contribution is -2.33. The first-order chi connectivity index (χ1) is 13.6. The van der Waals surface area contributed by atoms with E-state index in [1.165, 1.54) is 23.9 Å². The van der Waals surface area contributed by atoms with Crippen LogP contribution in [0, 0.1) is 5.82 Å². The smallest absolute Gasteiger partial charge is 0.233 e. The zero-order valence-electron chi connectivity index (χ0n) is 16.1. The molecule has 3 rings (SSSR count). The number of ether oxygens (including phenoxy) is 2. The molecule has 1 aliphatic heterocycles. The van der Waals surface area contributed by atoms with E-state index in [1.807, 2.05) is 11.5 Å². The van der Waals surface area contributed by atoms with E-state index in [9.17, 15) is 9.18 Å². The van der Waals surface area contributed by atoms with Crippen molar-refractivity contribution in [1.29, 1.82) is 0 Å². The summed E-state index contributed by atoms with van der Waals surface area (Å²) in [6, 6.07) is 6.17. The third-order valence-corrected chi connectivity index (χ3v) is 5.57. The van der Waals surface area contributed by atoms with Crippen LogP contribution in [0.4, 0.5) is 4.39 Å². The maximum atomic E-state index is 13.3. The molecule has 9 heteroatoms. The third-order valence-electron chi connectivity index (χ3n) is 4.49. The van der Waals surface area contributed by atoms with Gasteiger partial charge in [-0.2, -0.15) is 0 Å². The molecular weight excluding hydrogens is 383 g/mol. The number of carbonyl (C=O) groups excluding carboxylic acids is 1. The van der Waals surface area contributed by atoms with E-state index in [4.69, 9.17) is 9.47 Å². The van der Waals surface area contributed by atoms with Gasteiger partial charge in [0.15, 0.2) is 11.0 Å². The second-order valence-corrected chi connectivity index (χ2v) is 7.91. The van der Waals surface area contributed by atoms with Crippen LogP contribution in [0.2, 0.25) is 0 Å². The molecule has 0 saturated carbocycles. The molecule has 1 N–H and O–H groups in total. The van der Waals surface area contributed by atoms with Crippen LogP contribution in [0.15, 0.2) is 29.4 Å². The first-order valence-corrected chi connectivity index (χ1v) is 10.2. The van der Waals surface area contributed by atoms with Gasteiger partial charge in [-0.05, 0) is 44.0 Å². The highest BCUT2D eigenvalue weighted by molar-refractivity contribution is 8.00. The number of nitrogens with zero attached hydrogens (tertiary/aromatic N) is 3. The molecule has 0 spiro atoms. The van der Waals surface area contributed by atoms with Crippen LogP contribution in [-0.4, -0.2) is 58.9 Å². The summed E-state index contributed by atoms with van der Waals surface area (Å²) in [6.07, 6.45) is 2.08. The Kier molecular flexibility index (Phi) is 7.41. The Morgan fingerprint density at radius 1 is 1.43 bits per heavy atom. The van der Waals surface area contributed by atoms with Crippen molar-refractivity contribution in [2.45, 2.75) is 42.8 Å². The third kappa shape index (κ3) is 5.30. The number of hydrogen-bond donors (Lipinski definition) is 1. The van der Waals surface area contributed by atoms with Gasteiger partial charge in [0.2, 0.25) is 5.91 Å². The van der Waals surface area contributed by atoms with Crippen molar-refractivity contribution in [3.8, 4) is 11.4 Å². The Labute approximate surface area is 168 Å². The molecule has 2 aromatic rings. The first-order valence-electron chi connectivity index (χ1n) is 9.32. The number of halogens is 1. The molecule has 152 valence electrons. The monoisotopic (exact) mass is 408 g/mol. The van der Waals surface area contributed by atoms with Crippen LogP contribution in [-0.2, 0) is 20.8 Å². The molecule has 2 heterocycles. The van der Waals surface area contributed by atoms with E-state index >= 15 is 0 Å². The fraction of sp³-hybridized carbons (Fsp3) is 0.526. The molecule has 7 nitrogen and oxygen atoms in total. The van der Waals surface area contributed by atoms with E-state index in [1.54, 1.807) is 19.2 Å². The van der Waals surface area contributed by atoms with Crippen molar-refractivity contribution < 1.29 is 18.7 Å². The van der Waals surface area contributed by atoms with Crippen LogP contribution < -0.4 is 5.32 Å². The van der Waals surface area contributed by atoms with Crippen LogP contribution in [0.1, 0.15) is 19.8 Å². The molecule has 1 amide bonds. The van der Waals surface area contributed by atoms with Gasteiger partial charge >= 0.3 is 0 Å². The highest BCUT2D eigenvalue weighted by Crippen LogP contribution is 2.29. The van der Waals surface area contributed by atoms with Gasteiger partial charge in [0.05, 0.1) is 24.5 Å². The average molecular weight is 408 g/mol. The first kappa shape index (κ1) is 20.8. The molecule has 1 saturated heterocycles. The number of amides is 1. The SMILES string of the molecule is COCCNC(=O)[C@@H](C)Sc1nnc(-c2ccc(F)cc2)n1C[C@@H]1CCCO1. The molecule has 2 atom stereocenters. The van der Waals surface area contributed by atoms with Gasteiger partial charge in [-0.25, -0.2) is 4.39 Å². The Hall–Kier alpha value is -1.97. The fourth-order valence-corrected chi connectivity index (χ4v) is 3.86. The summed E-state index contributed by atoms with van der Waals surface area (Å²) in [5, 5.41) is 11.7. The highest BCUT2D eigenvalue weighted by atomic mass is 32.2. The summed E-state index contributed by atoms with van der Waals surface area (Å²) in [5.41, 5.74) is 0.774. The number of nitrogens with one attached hydrogen (secondary N) is 1. The molecule has 1 fully saturated rings. The Balaban J connectivity index is 1.79. The van der Waals surface area contributed by atoms with Gasteiger partial charge in [0.25, 0.3) is 0 Å². The maximum absolute atomic E-state index is 13.3. The normalized spacial score (nSPS) is 17.6. The van der Waals surface area contributed by atoms with E-state index in [0.717, 1.165) is 25.0 Å². The van der Waals surface area contributed by atoms with E-state index in [2.05, 4.69) is 15.5 Å².